The van der Waals surface area contributed by atoms with Crippen LogP contribution in [-0.4, -0.2) is 10.2 Å². The van der Waals surface area contributed by atoms with Gasteiger partial charge in [0.15, 0.2) is 0 Å². The van der Waals surface area contributed by atoms with Crippen molar-refractivity contribution in [3.63, 3.8) is 0 Å². The maximum absolute atomic E-state index is 4.29. The van der Waals surface area contributed by atoms with Crippen molar-refractivity contribution in [1.29, 1.82) is 0 Å². The van der Waals surface area contributed by atoms with Gasteiger partial charge in [0.1, 0.15) is 0 Å². The quantitative estimate of drug-likeness (QED) is 0.787. The van der Waals surface area contributed by atoms with Crippen molar-refractivity contribution in [2.24, 2.45) is 0 Å². The second-order valence-corrected chi connectivity index (χ2v) is 3.83. The number of nitrogens with one attached hydrogen (secondary N) is 1. The first-order valence-electron chi connectivity index (χ1n) is 5.25. The lowest BCUT2D eigenvalue weighted by atomic mass is 10.1. The first-order chi connectivity index (χ1) is 6.81. The number of hydrogen-bond acceptors (Lipinski definition) is 1. The minimum absolute atomic E-state index is 1.08. The molecule has 0 unspecified atom stereocenters. The van der Waals surface area contributed by atoms with Crippen LogP contribution in [0.5, 0.6) is 0 Å². The summed E-state index contributed by atoms with van der Waals surface area (Å²) in [6, 6.07) is 6.40. The molecule has 0 aliphatic carbocycles. The van der Waals surface area contributed by atoms with Crippen molar-refractivity contribution in [3.05, 3.63) is 29.5 Å². The van der Waals surface area contributed by atoms with Gasteiger partial charge in [-0.05, 0) is 31.9 Å². The van der Waals surface area contributed by atoms with E-state index >= 15 is 0 Å². The molecule has 2 rings (SSSR count). The van der Waals surface area contributed by atoms with Crippen molar-refractivity contribution in [1.82, 2.24) is 10.2 Å². The molecule has 0 fully saturated rings. The van der Waals surface area contributed by atoms with Crippen molar-refractivity contribution < 1.29 is 0 Å². The first-order valence-corrected chi connectivity index (χ1v) is 5.25. The van der Waals surface area contributed by atoms with Crippen LogP contribution in [0.25, 0.3) is 10.9 Å². The maximum atomic E-state index is 4.29. The molecule has 0 aliphatic rings. The topological polar surface area (TPSA) is 28.7 Å². The predicted octanol–water partition coefficient (Wildman–Crippen LogP) is 3.21. The number of H-pyrrole nitrogens is 1. The Hall–Kier alpha value is -1.31. The second kappa shape index (κ2) is 3.82. The minimum atomic E-state index is 1.08. The van der Waals surface area contributed by atoms with Crippen LogP contribution in [0.4, 0.5) is 0 Å². The Morgan fingerprint density at radius 3 is 3.00 bits per heavy atom. The van der Waals surface area contributed by atoms with Gasteiger partial charge in [-0.3, -0.25) is 5.10 Å². The summed E-state index contributed by atoms with van der Waals surface area (Å²) in [7, 11) is 0. The molecule has 2 heteroatoms. The van der Waals surface area contributed by atoms with Gasteiger partial charge in [-0.1, -0.05) is 25.0 Å². The lowest BCUT2D eigenvalue weighted by Crippen LogP contribution is -1.85. The van der Waals surface area contributed by atoms with E-state index in [1.807, 2.05) is 0 Å². The summed E-state index contributed by atoms with van der Waals surface area (Å²) < 4.78 is 0. The summed E-state index contributed by atoms with van der Waals surface area (Å²) in [5.74, 6) is 0. The number of aryl methyl sites for hydroxylation is 2. The standard InChI is InChI=1S/C12H16N2/c1-3-4-5-11-10-8-9(2)6-7-12(10)14-13-11/h6-8H,3-5H2,1-2H3,(H,13,14). The van der Waals surface area contributed by atoms with Crippen LogP contribution in [0.15, 0.2) is 18.2 Å². The Morgan fingerprint density at radius 1 is 1.36 bits per heavy atom. The van der Waals surface area contributed by atoms with Gasteiger partial charge in [-0.15, -0.1) is 0 Å². The molecule has 2 aromatic rings. The van der Waals surface area contributed by atoms with Crippen LogP contribution in [0.2, 0.25) is 0 Å². The molecular formula is C12H16N2. The summed E-state index contributed by atoms with van der Waals surface area (Å²) in [6.45, 7) is 4.33. The van der Waals surface area contributed by atoms with Gasteiger partial charge in [0.05, 0.1) is 5.52 Å². The molecule has 2 nitrogen and oxygen atoms in total. The van der Waals surface area contributed by atoms with Gasteiger partial charge in [0.25, 0.3) is 0 Å². The van der Waals surface area contributed by atoms with Crippen LogP contribution in [-0.2, 0) is 6.42 Å². The zero-order chi connectivity index (χ0) is 9.97. The van der Waals surface area contributed by atoms with Gasteiger partial charge in [0.2, 0.25) is 0 Å². The number of hydrogen-bond donors (Lipinski definition) is 1. The van der Waals surface area contributed by atoms with E-state index in [1.54, 1.807) is 0 Å². The van der Waals surface area contributed by atoms with E-state index in [0.717, 1.165) is 11.9 Å². The number of rotatable bonds is 3. The molecule has 1 N–H and O–H groups in total. The Kier molecular flexibility index (Phi) is 2.53. The number of aromatic amines is 1. The number of benzene rings is 1. The van der Waals surface area contributed by atoms with Crippen molar-refractivity contribution in [3.8, 4) is 0 Å². The van der Waals surface area contributed by atoms with Crippen LogP contribution >= 0.6 is 0 Å². The van der Waals surface area contributed by atoms with Gasteiger partial charge in [-0.2, -0.15) is 5.10 Å². The highest BCUT2D eigenvalue weighted by molar-refractivity contribution is 5.81. The molecule has 0 saturated carbocycles. The van der Waals surface area contributed by atoms with Gasteiger partial charge < -0.3 is 0 Å². The van der Waals surface area contributed by atoms with Crippen LogP contribution in [0, 0.1) is 6.92 Å². The summed E-state index contributed by atoms with van der Waals surface area (Å²) >= 11 is 0. The average Bonchev–Trinajstić information content (AvgIpc) is 2.57. The van der Waals surface area contributed by atoms with E-state index in [-0.39, 0.29) is 0 Å². The fourth-order valence-electron chi connectivity index (χ4n) is 1.72. The van der Waals surface area contributed by atoms with E-state index < -0.39 is 0 Å². The van der Waals surface area contributed by atoms with Gasteiger partial charge in [0, 0.05) is 11.1 Å². The Labute approximate surface area is 84.3 Å². The van der Waals surface area contributed by atoms with Gasteiger partial charge >= 0.3 is 0 Å². The summed E-state index contributed by atoms with van der Waals surface area (Å²) in [6.07, 6.45) is 3.56. The number of nitrogens with zero attached hydrogens (tertiary/aromatic N) is 1. The van der Waals surface area contributed by atoms with E-state index in [4.69, 9.17) is 0 Å². The smallest absolute Gasteiger partial charge is 0.0923 e. The molecule has 0 radical (unpaired) electrons. The summed E-state index contributed by atoms with van der Waals surface area (Å²) in [5.41, 5.74) is 3.67. The van der Waals surface area contributed by atoms with Crippen molar-refractivity contribution in [2.45, 2.75) is 33.1 Å². The minimum Gasteiger partial charge on any atom is -0.281 e. The number of unbranched alkanes of at least 4 members (excludes halogenated alkanes) is 1. The van der Waals surface area contributed by atoms with E-state index in [1.165, 1.54) is 29.5 Å². The van der Waals surface area contributed by atoms with Crippen LogP contribution in [0.1, 0.15) is 31.0 Å². The van der Waals surface area contributed by atoms with Crippen LogP contribution < -0.4 is 0 Å². The number of fused-ring (bicyclic) bond motifs is 1. The molecule has 74 valence electrons. The normalized spacial score (nSPS) is 11.0. The SMILES string of the molecule is CCCCc1[nH]nc2ccc(C)cc12. The van der Waals surface area contributed by atoms with Crippen molar-refractivity contribution in [2.75, 3.05) is 0 Å². The molecule has 0 bridgehead atoms. The van der Waals surface area contributed by atoms with E-state index in [0.29, 0.717) is 0 Å². The van der Waals surface area contributed by atoms with Crippen molar-refractivity contribution >= 4 is 10.9 Å². The highest BCUT2D eigenvalue weighted by Gasteiger charge is 2.03. The Balaban J connectivity index is 2.40. The fraction of sp³-hybridized carbons (Fsp3) is 0.417. The lowest BCUT2D eigenvalue weighted by Gasteiger charge is -1.97. The molecule has 0 amide bonds. The largest absolute Gasteiger partial charge is 0.281 e. The first kappa shape index (κ1) is 9.25. The molecule has 1 aromatic carbocycles. The lowest BCUT2D eigenvalue weighted by molar-refractivity contribution is 0.775. The zero-order valence-electron chi connectivity index (χ0n) is 8.80. The third kappa shape index (κ3) is 1.65. The van der Waals surface area contributed by atoms with E-state index in [9.17, 15) is 0 Å². The molecule has 1 heterocycles. The summed E-state index contributed by atoms with van der Waals surface area (Å²) in [4.78, 5) is 0. The van der Waals surface area contributed by atoms with E-state index in [2.05, 4.69) is 42.2 Å². The third-order valence-corrected chi connectivity index (χ3v) is 2.57. The highest BCUT2D eigenvalue weighted by Crippen LogP contribution is 2.18. The zero-order valence-corrected chi connectivity index (χ0v) is 8.80. The second-order valence-electron chi connectivity index (χ2n) is 3.83. The highest BCUT2D eigenvalue weighted by atomic mass is 15.1. The third-order valence-electron chi connectivity index (χ3n) is 2.57. The monoisotopic (exact) mass is 188 g/mol. The molecule has 1 aromatic heterocycles. The maximum Gasteiger partial charge on any atom is 0.0923 e. The Bertz CT molecular complexity index is 429. The molecule has 0 aliphatic heterocycles. The summed E-state index contributed by atoms with van der Waals surface area (Å²) in [5, 5.41) is 8.70. The molecule has 14 heavy (non-hydrogen) atoms. The van der Waals surface area contributed by atoms with Gasteiger partial charge in [-0.25, -0.2) is 0 Å². The Morgan fingerprint density at radius 2 is 2.21 bits per heavy atom. The average molecular weight is 188 g/mol. The van der Waals surface area contributed by atoms with Crippen LogP contribution in [0.3, 0.4) is 0 Å². The molecule has 0 spiro atoms. The molecule has 0 atom stereocenters. The molecular weight excluding hydrogens is 172 g/mol. The fourth-order valence-corrected chi connectivity index (χ4v) is 1.72. The predicted molar refractivity (Wildman–Crippen MR) is 59.4 cm³/mol. The molecule has 0 saturated heterocycles. The number of aromatic nitrogens is 2.